The Balaban J connectivity index is 0. The van der Waals surface area contributed by atoms with Crippen molar-refractivity contribution in [3.05, 3.63) is 0 Å². The fourth-order valence-corrected chi connectivity index (χ4v) is 0.204. The summed E-state index contributed by atoms with van der Waals surface area (Å²) in [5.41, 5.74) is 0. The number of hydrogen-bond acceptors (Lipinski definition) is 1. The molecule has 0 spiro atoms. The van der Waals surface area contributed by atoms with Gasteiger partial charge in [-0.3, -0.25) is 0 Å². The van der Waals surface area contributed by atoms with Gasteiger partial charge in [0.25, 0.3) is 0 Å². The number of rotatable bonds is 2. The molecule has 2 radical (unpaired) electrons. The summed E-state index contributed by atoms with van der Waals surface area (Å²) in [5.74, 6) is 0. The van der Waals surface area contributed by atoms with Gasteiger partial charge in [-0.15, -0.1) is 0 Å². The van der Waals surface area contributed by atoms with Crippen molar-refractivity contribution in [2.75, 3.05) is 13.2 Å². The second kappa shape index (κ2) is 16.7. The van der Waals surface area contributed by atoms with Gasteiger partial charge in [0.2, 0.25) is 0 Å². The minimum Gasteiger partial charge on any atom is -0.382 e. The van der Waals surface area contributed by atoms with Crippen LogP contribution in [0, 0.1) is 0 Å². The van der Waals surface area contributed by atoms with Gasteiger partial charge >= 0.3 is 8.12 Å². The van der Waals surface area contributed by atoms with Gasteiger partial charge in [-0.1, -0.05) is 0 Å². The molecule has 0 atom stereocenters. The van der Waals surface area contributed by atoms with E-state index in [0.29, 0.717) is 0 Å². The monoisotopic (exact) mass is 104 g/mol. The van der Waals surface area contributed by atoms with E-state index in [9.17, 15) is 0 Å². The molecule has 3 heteroatoms. The first-order valence-corrected chi connectivity index (χ1v) is 2.21. The third-order valence-electron chi connectivity index (χ3n) is 0.408. The third-order valence-corrected chi connectivity index (χ3v) is 0.408. The van der Waals surface area contributed by atoms with Gasteiger partial charge in [-0.2, -0.15) is 0 Å². The normalized spacial score (nSPS) is 6.71. The van der Waals surface area contributed by atoms with Crippen molar-refractivity contribution in [2.24, 2.45) is 0 Å². The molecule has 0 aromatic heterocycles. The zero-order valence-electron chi connectivity index (χ0n) is 4.78. The third kappa shape index (κ3) is 24.4. The Hall–Kier alpha value is -0.0451. The van der Waals surface area contributed by atoms with Crippen LogP contribution in [0.1, 0.15) is 13.8 Å². The predicted molar refractivity (Wildman–Crippen MR) is 29.0 cm³/mol. The number of halogens is 1. The topological polar surface area (TPSA) is 9.23 Å². The maximum absolute atomic E-state index is 9.00. The molecule has 7 heavy (non-hydrogen) atoms. The molecular formula is C4H10BFO. The van der Waals surface area contributed by atoms with Crippen LogP contribution < -0.4 is 0 Å². The van der Waals surface area contributed by atoms with Crippen LogP contribution in [0.25, 0.3) is 0 Å². The van der Waals surface area contributed by atoms with E-state index in [-0.39, 0.29) is 0 Å². The molecular weight excluding hydrogens is 93.9 g/mol. The van der Waals surface area contributed by atoms with Crippen LogP contribution in [0.4, 0.5) is 4.32 Å². The summed E-state index contributed by atoms with van der Waals surface area (Å²) >= 11 is 0. The lowest BCUT2D eigenvalue weighted by molar-refractivity contribution is 0.162. The summed E-state index contributed by atoms with van der Waals surface area (Å²) in [6.07, 6.45) is 0. The SMILES string of the molecule is CCOCC.[B]F. The highest BCUT2D eigenvalue weighted by Gasteiger charge is 1.64. The summed E-state index contributed by atoms with van der Waals surface area (Å²) in [5, 5.41) is 0. The highest BCUT2D eigenvalue weighted by molar-refractivity contribution is 5.96. The molecule has 1 nitrogen and oxygen atoms in total. The van der Waals surface area contributed by atoms with Gasteiger partial charge in [0.05, 0.1) is 0 Å². The first-order valence-electron chi connectivity index (χ1n) is 2.21. The molecule has 0 unspecified atom stereocenters. The summed E-state index contributed by atoms with van der Waals surface area (Å²) in [6.45, 7) is 5.67. The highest BCUT2D eigenvalue weighted by Crippen LogP contribution is 1.64. The largest absolute Gasteiger partial charge is 0.382 e. The zero-order chi connectivity index (χ0) is 6.12. The second-order valence-corrected chi connectivity index (χ2v) is 0.781. The quantitative estimate of drug-likeness (QED) is 0.476. The van der Waals surface area contributed by atoms with E-state index in [1.807, 2.05) is 13.8 Å². The van der Waals surface area contributed by atoms with E-state index in [1.165, 1.54) is 0 Å². The second-order valence-electron chi connectivity index (χ2n) is 0.781. The van der Waals surface area contributed by atoms with E-state index < -0.39 is 0 Å². The van der Waals surface area contributed by atoms with Gasteiger partial charge in [0.1, 0.15) is 0 Å². The van der Waals surface area contributed by atoms with Crippen LogP contribution in [-0.4, -0.2) is 21.3 Å². The minimum atomic E-state index is 0.844. The predicted octanol–water partition coefficient (Wildman–Crippen LogP) is 1.08. The van der Waals surface area contributed by atoms with E-state index >= 15 is 0 Å². The molecule has 0 heterocycles. The molecule has 42 valence electrons. The Kier molecular flexibility index (Phi) is 24.0. The molecule has 0 saturated carbocycles. The standard InChI is InChI=1S/C4H10O.BF/c1-3-5-4-2;1-2/h3-4H2,1-2H3;. The van der Waals surface area contributed by atoms with Crippen LogP contribution in [0.15, 0.2) is 0 Å². The highest BCUT2D eigenvalue weighted by atomic mass is 19.1. The number of hydrogen-bond donors (Lipinski definition) is 0. The summed E-state index contributed by atoms with van der Waals surface area (Å²) in [6, 6.07) is 0. The first-order chi connectivity index (χ1) is 3.41. The fraction of sp³-hybridized carbons (Fsp3) is 1.00. The van der Waals surface area contributed by atoms with Crippen molar-refractivity contribution in [1.82, 2.24) is 0 Å². The molecule has 0 saturated heterocycles. The van der Waals surface area contributed by atoms with Crippen LogP contribution >= 0.6 is 0 Å². The maximum Gasteiger partial charge on any atom is 0.350 e. The lowest BCUT2D eigenvalue weighted by Crippen LogP contribution is -1.84. The van der Waals surface area contributed by atoms with E-state index in [0.717, 1.165) is 13.2 Å². The average molecular weight is 104 g/mol. The number of ether oxygens (including phenoxy) is 1. The molecule has 0 aliphatic carbocycles. The van der Waals surface area contributed by atoms with Crippen LogP contribution in [0.2, 0.25) is 0 Å². The average Bonchev–Trinajstić information content (AvgIpc) is 1.75. The zero-order valence-corrected chi connectivity index (χ0v) is 4.78. The molecule has 0 aliphatic rings. The van der Waals surface area contributed by atoms with Crippen LogP contribution in [0.3, 0.4) is 0 Å². The van der Waals surface area contributed by atoms with Crippen molar-refractivity contribution in [3.8, 4) is 0 Å². The van der Waals surface area contributed by atoms with Crippen LogP contribution in [0.5, 0.6) is 0 Å². The van der Waals surface area contributed by atoms with Crippen LogP contribution in [-0.2, 0) is 4.74 Å². The van der Waals surface area contributed by atoms with E-state index in [2.05, 4.69) is 8.12 Å². The molecule has 0 N–H and O–H groups in total. The Labute approximate surface area is 45.3 Å². The molecule has 0 rings (SSSR count). The lowest BCUT2D eigenvalue weighted by Gasteiger charge is -1.86. The van der Waals surface area contributed by atoms with E-state index in [4.69, 9.17) is 9.05 Å². The van der Waals surface area contributed by atoms with Gasteiger partial charge in [0.15, 0.2) is 0 Å². The van der Waals surface area contributed by atoms with Crippen molar-refractivity contribution < 1.29 is 9.05 Å². The summed E-state index contributed by atoms with van der Waals surface area (Å²) < 4.78 is 13.8. The Morgan fingerprint density at radius 3 is 1.57 bits per heavy atom. The van der Waals surface area contributed by atoms with Gasteiger partial charge < -0.3 is 9.05 Å². The van der Waals surface area contributed by atoms with Crippen molar-refractivity contribution in [3.63, 3.8) is 0 Å². The Morgan fingerprint density at radius 2 is 1.57 bits per heavy atom. The Bertz CT molecular complexity index is 19.2. The molecule has 0 amide bonds. The molecule has 0 aromatic carbocycles. The minimum absolute atomic E-state index is 0.844. The summed E-state index contributed by atoms with van der Waals surface area (Å²) in [4.78, 5) is 0. The molecule has 0 aliphatic heterocycles. The lowest BCUT2D eigenvalue weighted by atomic mass is 10.7. The van der Waals surface area contributed by atoms with Gasteiger partial charge in [-0.25, -0.2) is 0 Å². The first kappa shape index (κ1) is 10.0. The van der Waals surface area contributed by atoms with Crippen molar-refractivity contribution in [2.45, 2.75) is 13.8 Å². The molecule has 0 fully saturated rings. The summed E-state index contributed by atoms with van der Waals surface area (Å²) in [7, 11) is 3.00. The molecule has 0 bridgehead atoms. The van der Waals surface area contributed by atoms with Crippen molar-refractivity contribution >= 4 is 8.12 Å². The maximum atomic E-state index is 9.00. The van der Waals surface area contributed by atoms with Gasteiger partial charge in [-0.05, 0) is 13.8 Å². The molecule has 0 aromatic rings. The van der Waals surface area contributed by atoms with E-state index in [1.54, 1.807) is 0 Å². The Morgan fingerprint density at radius 1 is 1.29 bits per heavy atom. The van der Waals surface area contributed by atoms with Crippen molar-refractivity contribution in [1.29, 1.82) is 0 Å². The smallest absolute Gasteiger partial charge is 0.350 e. The van der Waals surface area contributed by atoms with Gasteiger partial charge in [0, 0.05) is 13.2 Å². The fourth-order valence-electron chi connectivity index (χ4n) is 0.204.